The Morgan fingerprint density at radius 3 is 2.83 bits per heavy atom. The number of benzene rings is 1. The zero-order chi connectivity index (χ0) is 17.5. The van der Waals surface area contributed by atoms with Gasteiger partial charge in [-0.3, -0.25) is 14.9 Å². The quantitative estimate of drug-likeness (QED) is 0.457. The third-order valence-electron chi connectivity index (χ3n) is 3.34. The van der Waals surface area contributed by atoms with Gasteiger partial charge in [0.05, 0.1) is 10.5 Å². The number of nitro benzene ring substituents is 1. The van der Waals surface area contributed by atoms with Crippen LogP contribution in [0.15, 0.2) is 42.5 Å². The van der Waals surface area contributed by atoms with Crippen molar-refractivity contribution in [2.45, 2.75) is 19.4 Å². The van der Waals surface area contributed by atoms with E-state index in [0.717, 1.165) is 9.75 Å². The van der Waals surface area contributed by atoms with Gasteiger partial charge in [0.2, 0.25) is 5.91 Å². The van der Waals surface area contributed by atoms with Gasteiger partial charge in [-0.2, -0.15) is 0 Å². The molecule has 0 spiro atoms. The van der Waals surface area contributed by atoms with Gasteiger partial charge in [0, 0.05) is 34.5 Å². The molecule has 126 valence electrons. The molecule has 2 rings (SSSR count). The number of thiophene rings is 1. The standard InChI is InChI=1S/C17H18N2O4S/c1-12(10-11-20)18-17(21)9-7-13-6-8-16(24-13)14-4-2-3-5-15(14)19(22)23/h2-9,12,20H,10-11H2,1H3,(H,18,21)/b9-7+. The van der Waals surface area contributed by atoms with E-state index < -0.39 is 4.92 Å². The number of carbonyl (C=O) groups is 1. The van der Waals surface area contributed by atoms with Crippen LogP contribution in [0.1, 0.15) is 18.2 Å². The number of amides is 1. The lowest BCUT2D eigenvalue weighted by Gasteiger charge is -2.09. The third-order valence-corrected chi connectivity index (χ3v) is 4.43. The van der Waals surface area contributed by atoms with Crippen molar-refractivity contribution in [2.75, 3.05) is 6.61 Å². The van der Waals surface area contributed by atoms with Crippen LogP contribution >= 0.6 is 11.3 Å². The first-order valence-electron chi connectivity index (χ1n) is 7.44. The molecule has 0 radical (unpaired) electrons. The van der Waals surface area contributed by atoms with E-state index in [2.05, 4.69) is 5.32 Å². The van der Waals surface area contributed by atoms with Crippen molar-refractivity contribution in [3.8, 4) is 10.4 Å². The molecular formula is C17H18N2O4S. The minimum Gasteiger partial charge on any atom is -0.396 e. The van der Waals surface area contributed by atoms with E-state index in [1.807, 2.05) is 13.0 Å². The van der Waals surface area contributed by atoms with E-state index in [9.17, 15) is 14.9 Å². The van der Waals surface area contributed by atoms with Gasteiger partial charge < -0.3 is 10.4 Å². The summed E-state index contributed by atoms with van der Waals surface area (Å²) in [5.41, 5.74) is 0.624. The molecule has 2 N–H and O–H groups in total. The minimum atomic E-state index is -0.402. The molecule has 2 aromatic rings. The van der Waals surface area contributed by atoms with E-state index in [1.54, 1.807) is 30.3 Å². The molecular weight excluding hydrogens is 328 g/mol. The van der Waals surface area contributed by atoms with Crippen molar-refractivity contribution in [3.63, 3.8) is 0 Å². The average molecular weight is 346 g/mol. The Hall–Kier alpha value is -2.51. The van der Waals surface area contributed by atoms with Crippen LogP contribution in [0.2, 0.25) is 0 Å². The van der Waals surface area contributed by atoms with Gasteiger partial charge in [0.1, 0.15) is 0 Å². The molecule has 7 heteroatoms. The summed E-state index contributed by atoms with van der Waals surface area (Å²) < 4.78 is 0. The summed E-state index contributed by atoms with van der Waals surface area (Å²) in [7, 11) is 0. The molecule has 0 saturated heterocycles. The van der Waals surface area contributed by atoms with Crippen LogP contribution < -0.4 is 5.32 Å². The normalized spacial score (nSPS) is 12.2. The number of hydrogen-bond acceptors (Lipinski definition) is 5. The second-order valence-electron chi connectivity index (χ2n) is 5.23. The molecule has 1 aromatic heterocycles. The Balaban J connectivity index is 2.10. The lowest BCUT2D eigenvalue weighted by atomic mass is 10.1. The first-order valence-corrected chi connectivity index (χ1v) is 8.26. The molecule has 1 unspecified atom stereocenters. The van der Waals surface area contributed by atoms with Crippen molar-refractivity contribution in [3.05, 3.63) is 57.5 Å². The van der Waals surface area contributed by atoms with Gasteiger partial charge in [-0.1, -0.05) is 12.1 Å². The highest BCUT2D eigenvalue weighted by atomic mass is 32.1. The van der Waals surface area contributed by atoms with Crippen molar-refractivity contribution in [2.24, 2.45) is 0 Å². The molecule has 0 saturated carbocycles. The summed E-state index contributed by atoms with van der Waals surface area (Å²) in [6.07, 6.45) is 3.59. The highest BCUT2D eigenvalue weighted by Crippen LogP contribution is 2.34. The van der Waals surface area contributed by atoms with E-state index in [-0.39, 0.29) is 24.2 Å². The van der Waals surface area contributed by atoms with Crippen LogP contribution in [0.3, 0.4) is 0 Å². The van der Waals surface area contributed by atoms with E-state index in [4.69, 9.17) is 5.11 Å². The number of nitrogens with zero attached hydrogens (tertiary/aromatic N) is 1. The zero-order valence-electron chi connectivity index (χ0n) is 13.1. The monoisotopic (exact) mass is 346 g/mol. The van der Waals surface area contributed by atoms with Crippen LogP contribution in [0.4, 0.5) is 5.69 Å². The maximum atomic E-state index is 11.8. The number of nitro groups is 1. The molecule has 1 amide bonds. The summed E-state index contributed by atoms with van der Waals surface area (Å²) in [4.78, 5) is 24.1. The lowest BCUT2D eigenvalue weighted by molar-refractivity contribution is -0.384. The maximum Gasteiger partial charge on any atom is 0.278 e. The molecule has 0 bridgehead atoms. The Kier molecular flexibility index (Phi) is 6.22. The molecule has 1 aromatic carbocycles. The van der Waals surface area contributed by atoms with Crippen LogP contribution in [0, 0.1) is 10.1 Å². The Bertz CT molecular complexity index is 755. The topological polar surface area (TPSA) is 92.5 Å². The van der Waals surface area contributed by atoms with Gasteiger partial charge in [-0.05, 0) is 37.6 Å². The predicted octanol–water partition coefficient (Wildman–Crippen LogP) is 3.22. The SMILES string of the molecule is CC(CCO)NC(=O)/C=C/c1ccc(-c2ccccc2[N+](=O)[O-])s1. The van der Waals surface area contributed by atoms with Crippen LogP contribution in [-0.4, -0.2) is 28.6 Å². The fourth-order valence-corrected chi connectivity index (χ4v) is 3.09. The zero-order valence-corrected chi connectivity index (χ0v) is 14.0. The molecule has 0 fully saturated rings. The number of carbonyl (C=O) groups excluding carboxylic acids is 1. The number of aliphatic hydroxyl groups is 1. The Morgan fingerprint density at radius 2 is 2.12 bits per heavy atom. The fraction of sp³-hybridized carbons (Fsp3) is 0.235. The van der Waals surface area contributed by atoms with Crippen LogP contribution in [0.5, 0.6) is 0 Å². The van der Waals surface area contributed by atoms with Gasteiger partial charge in [-0.25, -0.2) is 0 Å². The smallest absolute Gasteiger partial charge is 0.278 e. The van der Waals surface area contributed by atoms with Crippen LogP contribution in [0.25, 0.3) is 16.5 Å². The van der Waals surface area contributed by atoms with Crippen LogP contribution in [-0.2, 0) is 4.79 Å². The number of aliphatic hydroxyl groups excluding tert-OH is 1. The van der Waals surface area contributed by atoms with Gasteiger partial charge in [0.15, 0.2) is 0 Å². The molecule has 0 aliphatic rings. The summed E-state index contributed by atoms with van der Waals surface area (Å²) >= 11 is 1.38. The molecule has 1 heterocycles. The first kappa shape index (κ1) is 17.8. The lowest BCUT2D eigenvalue weighted by Crippen LogP contribution is -2.31. The molecule has 24 heavy (non-hydrogen) atoms. The second-order valence-corrected chi connectivity index (χ2v) is 6.35. The number of rotatable bonds is 7. The second kappa shape index (κ2) is 8.37. The first-order chi connectivity index (χ1) is 11.5. The van der Waals surface area contributed by atoms with E-state index >= 15 is 0 Å². The third kappa shape index (κ3) is 4.74. The minimum absolute atomic E-state index is 0.0231. The predicted molar refractivity (Wildman–Crippen MR) is 94.8 cm³/mol. The van der Waals surface area contributed by atoms with Gasteiger partial charge in [-0.15, -0.1) is 11.3 Å². The summed E-state index contributed by atoms with van der Waals surface area (Å²) in [6.45, 7) is 1.84. The molecule has 0 aliphatic carbocycles. The maximum absolute atomic E-state index is 11.8. The van der Waals surface area contributed by atoms with Gasteiger partial charge >= 0.3 is 0 Å². The highest BCUT2D eigenvalue weighted by molar-refractivity contribution is 7.16. The van der Waals surface area contributed by atoms with Crippen molar-refractivity contribution in [1.29, 1.82) is 0 Å². The van der Waals surface area contributed by atoms with Crippen molar-refractivity contribution >= 4 is 29.0 Å². The highest BCUT2D eigenvalue weighted by Gasteiger charge is 2.15. The largest absolute Gasteiger partial charge is 0.396 e. The molecule has 1 atom stereocenters. The summed E-state index contributed by atoms with van der Waals surface area (Å²) in [6, 6.07) is 10.1. The van der Waals surface area contributed by atoms with E-state index in [0.29, 0.717) is 12.0 Å². The fourth-order valence-electron chi connectivity index (χ4n) is 2.14. The average Bonchev–Trinajstić information content (AvgIpc) is 3.02. The van der Waals surface area contributed by atoms with Gasteiger partial charge in [0.25, 0.3) is 5.69 Å². The summed E-state index contributed by atoms with van der Waals surface area (Å²) in [5, 5.41) is 22.7. The van der Waals surface area contributed by atoms with E-state index in [1.165, 1.54) is 23.5 Å². The molecule has 6 nitrogen and oxygen atoms in total. The number of hydrogen-bond donors (Lipinski definition) is 2. The Labute approximate surface area is 143 Å². The summed E-state index contributed by atoms with van der Waals surface area (Å²) in [5.74, 6) is -0.239. The van der Waals surface area contributed by atoms with Crippen molar-refractivity contribution in [1.82, 2.24) is 5.32 Å². The number of nitrogens with one attached hydrogen (secondary N) is 1. The molecule has 0 aliphatic heterocycles. The number of para-hydroxylation sites is 1. The Morgan fingerprint density at radius 1 is 1.38 bits per heavy atom. The van der Waals surface area contributed by atoms with Crippen molar-refractivity contribution < 1.29 is 14.8 Å².